The zero-order chi connectivity index (χ0) is 16.9. The van der Waals surface area contributed by atoms with Gasteiger partial charge in [0.2, 0.25) is 5.91 Å². The van der Waals surface area contributed by atoms with E-state index in [4.69, 9.17) is 0 Å². The molecular formula is C18H24N4OS. The summed E-state index contributed by atoms with van der Waals surface area (Å²) in [6.07, 6.45) is 6.76. The molecule has 1 heterocycles. The van der Waals surface area contributed by atoms with E-state index in [1.807, 2.05) is 31.2 Å². The van der Waals surface area contributed by atoms with Crippen molar-refractivity contribution in [1.82, 2.24) is 14.8 Å². The average Bonchev–Trinajstić information content (AvgIpc) is 2.94. The highest BCUT2D eigenvalue weighted by Gasteiger charge is 2.17. The van der Waals surface area contributed by atoms with E-state index in [0.717, 1.165) is 34.0 Å². The van der Waals surface area contributed by atoms with Crippen LogP contribution < -0.4 is 5.32 Å². The first-order valence-electron chi connectivity index (χ1n) is 8.56. The maximum absolute atomic E-state index is 11.3. The first-order chi connectivity index (χ1) is 11.6. The molecule has 3 rings (SSSR count). The first kappa shape index (κ1) is 17.0. The number of hydrogen-bond acceptors (Lipinski definition) is 4. The van der Waals surface area contributed by atoms with Gasteiger partial charge in [0.05, 0.1) is 5.69 Å². The van der Waals surface area contributed by atoms with Gasteiger partial charge in [0.25, 0.3) is 0 Å². The van der Waals surface area contributed by atoms with Crippen LogP contribution in [0.15, 0.2) is 29.4 Å². The third kappa shape index (κ3) is 4.17. The lowest BCUT2D eigenvalue weighted by Crippen LogP contribution is -2.10. The van der Waals surface area contributed by atoms with Crippen molar-refractivity contribution in [1.29, 1.82) is 0 Å². The maximum atomic E-state index is 11.3. The Kier molecular flexibility index (Phi) is 5.56. The lowest BCUT2D eigenvalue weighted by Gasteiger charge is -2.20. The molecule has 24 heavy (non-hydrogen) atoms. The molecule has 0 saturated heterocycles. The minimum absolute atomic E-state index is 0.0699. The molecule has 1 aromatic heterocycles. The van der Waals surface area contributed by atoms with Crippen LogP contribution in [0.5, 0.6) is 0 Å². The SMILES string of the molecule is CC(=O)Nc1cccc(-n2c(C)nnc2SCC2CCCCC2)c1. The van der Waals surface area contributed by atoms with E-state index in [1.54, 1.807) is 11.8 Å². The summed E-state index contributed by atoms with van der Waals surface area (Å²) in [5.41, 5.74) is 1.77. The highest BCUT2D eigenvalue weighted by atomic mass is 32.2. The Morgan fingerprint density at radius 2 is 2.08 bits per heavy atom. The third-order valence-corrected chi connectivity index (χ3v) is 5.55. The van der Waals surface area contributed by atoms with Crippen molar-refractivity contribution in [3.8, 4) is 5.69 Å². The molecule has 0 bridgehead atoms. The molecule has 0 radical (unpaired) electrons. The van der Waals surface area contributed by atoms with Crippen molar-refractivity contribution < 1.29 is 4.79 Å². The van der Waals surface area contributed by atoms with Crippen LogP contribution in [0.4, 0.5) is 5.69 Å². The van der Waals surface area contributed by atoms with Crippen LogP contribution in [0.25, 0.3) is 5.69 Å². The van der Waals surface area contributed by atoms with Crippen LogP contribution in [0, 0.1) is 12.8 Å². The second-order valence-electron chi connectivity index (χ2n) is 6.41. The van der Waals surface area contributed by atoms with Gasteiger partial charge in [-0.3, -0.25) is 9.36 Å². The maximum Gasteiger partial charge on any atom is 0.221 e. The molecule has 128 valence electrons. The van der Waals surface area contributed by atoms with Crippen molar-refractivity contribution in [3.63, 3.8) is 0 Å². The molecule has 1 N–H and O–H groups in total. The minimum Gasteiger partial charge on any atom is -0.326 e. The number of nitrogens with one attached hydrogen (secondary N) is 1. The summed E-state index contributed by atoms with van der Waals surface area (Å²) in [6, 6.07) is 7.81. The summed E-state index contributed by atoms with van der Waals surface area (Å²) in [5.74, 6) is 2.68. The Balaban J connectivity index is 1.78. The van der Waals surface area contributed by atoms with Gasteiger partial charge in [-0.15, -0.1) is 10.2 Å². The summed E-state index contributed by atoms with van der Waals surface area (Å²) in [7, 11) is 0. The Morgan fingerprint density at radius 1 is 1.29 bits per heavy atom. The van der Waals surface area contributed by atoms with E-state index >= 15 is 0 Å². The van der Waals surface area contributed by atoms with Crippen LogP contribution in [-0.4, -0.2) is 26.4 Å². The lowest BCUT2D eigenvalue weighted by atomic mass is 9.91. The molecule has 0 unspecified atom stereocenters. The van der Waals surface area contributed by atoms with Gasteiger partial charge in [0.1, 0.15) is 5.82 Å². The third-order valence-electron chi connectivity index (χ3n) is 4.39. The summed E-state index contributed by atoms with van der Waals surface area (Å²) >= 11 is 1.79. The summed E-state index contributed by atoms with van der Waals surface area (Å²) < 4.78 is 2.07. The van der Waals surface area contributed by atoms with E-state index in [2.05, 4.69) is 20.1 Å². The van der Waals surface area contributed by atoms with E-state index in [9.17, 15) is 4.79 Å². The van der Waals surface area contributed by atoms with Crippen LogP contribution in [0.3, 0.4) is 0 Å². The fraction of sp³-hybridized carbons (Fsp3) is 0.500. The molecule has 1 saturated carbocycles. The molecule has 5 nitrogen and oxygen atoms in total. The molecule has 0 atom stereocenters. The number of aromatic nitrogens is 3. The summed E-state index contributed by atoms with van der Waals surface area (Å²) in [6.45, 7) is 3.48. The van der Waals surface area contributed by atoms with Crippen molar-refractivity contribution >= 4 is 23.4 Å². The van der Waals surface area contributed by atoms with E-state index < -0.39 is 0 Å². The number of nitrogens with zero attached hydrogens (tertiary/aromatic N) is 3. The molecule has 1 amide bonds. The smallest absolute Gasteiger partial charge is 0.221 e. The van der Waals surface area contributed by atoms with E-state index in [-0.39, 0.29) is 5.91 Å². The molecule has 1 aliphatic rings. The Morgan fingerprint density at radius 3 is 2.83 bits per heavy atom. The van der Waals surface area contributed by atoms with Crippen molar-refractivity contribution in [2.45, 2.75) is 51.1 Å². The first-order valence-corrected chi connectivity index (χ1v) is 9.55. The Bertz CT molecular complexity index is 707. The fourth-order valence-corrected chi connectivity index (χ4v) is 4.39. The normalized spacial score (nSPS) is 15.4. The van der Waals surface area contributed by atoms with Gasteiger partial charge in [0, 0.05) is 18.4 Å². The predicted molar refractivity (Wildman–Crippen MR) is 97.7 cm³/mol. The number of aryl methyl sites for hydroxylation is 1. The Hall–Kier alpha value is -1.82. The number of benzene rings is 1. The lowest BCUT2D eigenvalue weighted by molar-refractivity contribution is -0.114. The van der Waals surface area contributed by atoms with Crippen molar-refractivity contribution in [2.24, 2.45) is 5.92 Å². The molecule has 2 aromatic rings. The van der Waals surface area contributed by atoms with Crippen LogP contribution in [-0.2, 0) is 4.79 Å². The van der Waals surface area contributed by atoms with Gasteiger partial charge < -0.3 is 5.32 Å². The number of amides is 1. The van der Waals surface area contributed by atoms with Crippen molar-refractivity contribution in [2.75, 3.05) is 11.1 Å². The molecule has 1 aliphatic carbocycles. The minimum atomic E-state index is -0.0699. The standard InChI is InChI=1S/C18H24N4OS/c1-13-20-21-18(24-12-15-7-4-3-5-8-15)22(13)17-10-6-9-16(11-17)19-14(2)23/h6,9-11,15H,3-5,7-8,12H2,1-2H3,(H,19,23). The second kappa shape index (κ2) is 7.83. The molecular weight excluding hydrogens is 320 g/mol. The van der Waals surface area contributed by atoms with Crippen LogP contribution >= 0.6 is 11.8 Å². The van der Waals surface area contributed by atoms with Crippen LogP contribution in [0.2, 0.25) is 0 Å². The quantitative estimate of drug-likeness (QED) is 0.826. The molecule has 0 aliphatic heterocycles. The number of thioether (sulfide) groups is 1. The van der Waals surface area contributed by atoms with Gasteiger partial charge in [-0.2, -0.15) is 0 Å². The summed E-state index contributed by atoms with van der Waals surface area (Å²) in [5, 5.41) is 12.4. The highest BCUT2D eigenvalue weighted by Crippen LogP contribution is 2.30. The molecule has 6 heteroatoms. The zero-order valence-corrected chi connectivity index (χ0v) is 15.1. The zero-order valence-electron chi connectivity index (χ0n) is 14.3. The van der Waals surface area contributed by atoms with Crippen LogP contribution in [0.1, 0.15) is 44.9 Å². The van der Waals surface area contributed by atoms with E-state index in [0.29, 0.717) is 0 Å². The number of anilines is 1. The van der Waals surface area contributed by atoms with Crippen molar-refractivity contribution in [3.05, 3.63) is 30.1 Å². The average molecular weight is 344 g/mol. The predicted octanol–water partition coefficient (Wildman–Crippen LogP) is 4.21. The van der Waals surface area contributed by atoms with Gasteiger partial charge >= 0.3 is 0 Å². The number of carbonyl (C=O) groups excluding carboxylic acids is 1. The second-order valence-corrected chi connectivity index (χ2v) is 7.40. The van der Waals surface area contributed by atoms with Gasteiger partial charge in [-0.25, -0.2) is 0 Å². The van der Waals surface area contributed by atoms with E-state index in [1.165, 1.54) is 39.0 Å². The van der Waals surface area contributed by atoms with Gasteiger partial charge in [0.15, 0.2) is 5.16 Å². The highest BCUT2D eigenvalue weighted by molar-refractivity contribution is 7.99. The molecule has 0 spiro atoms. The molecule has 1 fully saturated rings. The monoisotopic (exact) mass is 344 g/mol. The number of rotatable bonds is 5. The number of hydrogen-bond donors (Lipinski definition) is 1. The fourth-order valence-electron chi connectivity index (χ4n) is 3.21. The van der Waals surface area contributed by atoms with Gasteiger partial charge in [-0.05, 0) is 43.9 Å². The van der Waals surface area contributed by atoms with Gasteiger partial charge in [-0.1, -0.05) is 37.1 Å². The summed E-state index contributed by atoms with van der Waals surface area (Å²) in [4.78, 5) is 11.3. The number of carbonyl (C=O) groups is 1. The molecule has 1 aromatic carbocycles. The Labute approximate surface area is 147 Å². The largest absolute Gasteiger partial charge is 0.326 e. The topological polar surface area (TPSA) is 59.8 Å².